The summed E-state index contributed by atoms with van der Waals surface area (Å²) in [5.41, 5.74) is 0.917. The van der Waals surface area contributed by atoms with Crippen LogP contribution in [0.3, 0.4) is 0 Å². The summed E-state index contributed by atoms with van der Waals surface area (Å²) in [5, 5.41) is 0.271. The number of aromatic nitrogens is 2. The number of hydrogen-bond donors (Lipinski definition) is 0. The third-order valence-electron chi connectivity index (χ3n) is 3.55. The van der Waals surface area contributed by atoms with Crippen LogP contribution in [-0.4, -0.2) is 16.7 Å². The molecular weight excluding hydrogens is 283 g/mol. The average Bonchev–Trinajstić information content (AvgIpc) is 2.55. The van der Waals surface area contributed by atoms with Gasteiger partial charge in [0.05, 0.1) is 23.7 Å². The van der Waals surface area contributed by atoms with Gasteiger partial charge in [-0.15, -0.1) is 0 Å². The zero-order valence-electron chi connectivity index (χ0n) is 12.3. The minimum atomic E-state index is -0.447. The van der Waals surface area contributed by atoms with Gasteiger partial charge in [-0.05, 0) is 42.5 Å². The average molecular weight is 298 g/mol. The minimum Gasteiger partial charge on any atom is -0.497 e. The summed E-state index contributed by atoms with van der Waals surface area (Å²) in [7, 11) is 1.58. The van der Waals surface area contributed by atoms with Crippen LogP contribution in [-0.2, 0) is 6.42 Å². The van der Waals surface area contributed by atoms with Gasteiger partial charge in [-0.2, -0.15) is 0 Å². The van der Waals surface area contributed by atoms with E-state index in [-0.39, 0.29) is 10.9 Å². The van der Waals surface area contributed by atoms with Gasteiger partial charge in [0, 0.05) is 6.42 Å². The summed E-state index contributed by atoms with van der Waals surface area (Å²) < 4.78 is 20.1. The van der Waals surface area contributed by atoms with Crippen LogP contribution < -0.4 is 10.3 Å². The highest BCUT2D eigenvalue weighted by molar-refractivity contribution is 5.78. The van der Waals surface area contributed by atoms with Crippen molar-refractivity contribution < 1.29 is 9.13 Å². The fraction of sp³-hybridized carbons (Fsp3) is 0.176. The first kappa shape index (κ1) is 14.3. The lowest BCUT2D eigenvalue weighted by atomic mass is 10.2. The van der Waals surface area contributed by atoms with Crippen LogP contribution in [0.1, 0.15) is 12.7 Å². The van der Waals surface area contributed by atoms with E-state index in [1.165, 1.54) is 22.8 Å². The third kappa shape index (κ3) is 2.35. The molecule has 1 heterocycles. The smallest absolute Gasteiger partial charge is 0.266 e. The molecule has 0 N–H and O–H groups in total. The van der Waals surface area contributed by atoms with Gasteiger partial charge in [-0.1, -0.05) is 6.92 Å². The van der Waals surface area contributed by atoms with E-state index >= 15 is 0 Å². The predicted octanol–water partition coefficient (Wildman–Crippen LogP) is 3.10. The topological polar surface area (TPSA) is 44.1 Å². The monoisotopic (exact) mass is 298 g/mol. The van der Waals surface area contributed by atoms with Crippen molar-refractivity contribution >= 4 is 10.9 Å². The lowest BCUT2D eigenvalue weighted by Crippen LogP contribution is -2.23. The number of halogens is 1. The van der Waals surface area contributed by atoms with Crippen molar-refractivity contribution in [2.45, 2.75) is 13.3 Å². The summed E-state index contributed by atoms with van der Waals surface area (Å²) in [6.45, 7) is 1.93. The Balaban J connectivity index is 2.30. The normalized spacial score (nSPS) is 10.9. The molecule has 3 aromatic rings. The summed E-state index contributed by atoms with van der Waals surface area (Å²) in [4.78, 5) is 17.2. The van der Waals surface area contributed by atoms with Gasteiger partial charge in [-0.25, -0.2) is 9.37 Å². The molecule has 0 saturated heterocycles. The quantitative estimate of drug-likeness (QED) is 0.746. The van der Waals surface area contributed by atoms with Gasteiger partial charge >= 0.3 is 0 Å². The molecule has 4 nitrogen and oxygen atoms in total. The SMILES string of the molecule is CCc1nc2ccc(F)cc2c(=O)n1-c1ccc(OC)cc1. The second kappa shape index (κ2) is 5.60. The first-order valence-electron chi connectivity index (χ1n) is 6.99. The van der Waals surface area contributed by atoms with Crippen molar-refractivity contribution in [3.63, 3.8) is 0 Å². The van der Waals surface area contributed by atoms with Crippen LogP contribution in [0.15, 0.2) is 47.3 Å². The first-order valence-corrected chi connectivity index (χ1v) is 6.99. The second-order valence-electron chi connectivity index (χ2n) is 4.88. The first-order chi connectivity index (χ1) is 10.6. The standard InChI is InChI=1S/C17H15FN2O2/c1-3-16-19-15-9-4-11(18)10-14(15)17(21)20(16)12-5-7-13(22-2)8-6-12/h4-10H,3H2,1-2H3. The second-order valence-corrected chi connectivity index (χ2v) is 4.88. The van der Waals surface area contributed by atoms with Crippen LogP contribution in [0.5, 0.6) is 5.75 Å². The van der Waals surface area contributed by atoms with Gasteiger partial charge < -0.3 is 4.74 Å². The molecule has 112 valence electrons. The zero-order chi connectivity index (χ0) is 15.7. The molecule has 0 aliphatic heterocycles. The molecule has 0 fully saturated rings. The molecule has 3 rings (SSSR count). The van der Waals surface area contributed by atoms with Crippen LogP contribution in [0.4, 0.5) is 4.39 Å². The van der Waals surface area contributed by atoms with E-state index in [1.54, 1.807) is 31.4 Å². The highest BCUT2D eigenvalue weighted by Crippen LogP contribution is 2.17. The Morgan fingerprint density at radius 1 is 1.18 bits per heavy atom. The maximum atomic E-state index is 13.4. The Hall–Kier alpha value is -2.69. The van der Waals surface area contributed by atoms with Crippen LogP contribution in [0, 0.1) is 5.82 Å². The number of rotatable bonds is 3. The molecule has 0 saturated carbocycles. The molecule has 0 bridgehead atoms. The van der Waals surface area contributed by atoms with E-state index in [1.807, 2.05) is 6.92 Å². The highest BCUT2D eigenvalue weighted by Gasteiger charge is 2.12. The summed E-state index contributed by atoms with van der Waals surface area (Å²) in [5.74, 6) is 0.890. The Labute approximate surface area is 126 Å². The number of hydrogen-bond acceptors (Lipinski definition) is 3. The molecule has 0 amide bonds. The Morgan fingerprint density at radius 3 is 2.55 bits per heavy atom. The van der Waals surface area contributed by atoms with Crippen molar-refractivity contribution in [1.29, 1.82) is 0 Å². The van der Waals surface area contributed by atoms with Gasteiger partial charge in [0.15, 0.2) is 0 Å². The number of benzene rings is 2. The number of methoxy groups -OCH3 is 1. The Bertz CT molecular complexity index is 886. The molecule has 0 spiro atoms. The molecule has 0 aliphatic rings. The lowest BCUT2D eigenvalue weighted by molar-refractivity contribution is 0.414. The maximum Gasteiger partial charge on any atom is 0.266 e. The van der Waals surface area contributed by atoms with E-state index in [4.69, 9.17) is 4.74 Å². The van der Waals surface area contributed by atoms with Crippen molar-refractivity contribution in [2.75, 3.05) is 7.11 Å². The van der Waals surface area contributed by atoms with E-state index in [0.29, 0.717) is 29.2 Å². The van der Waals surface area contributed by atoms with Gasteiger partial charge in [0.1, 0.15) is 17.4 Å². The van der Waals surface area contributed by atoms with E-state index in [9.17, 15) is 9.18 Å². The fourth-order valence-electron chi connectivity index (χ4n) is 2.44. The Morgan fingerprint density at radius 2 is 1.91 bits per heavy atom. The zero-order valence-corrected chi connectivity index (χ0v) is 12.3. The number of aryl methyl sites for hydroxylation is 1. The van der Waals surface area contributed by atoms with Gasteiger partial charge in [-0.3, -0.25) is 9.36 Å². The summed E-state index contributed by atoms with van der Waals surface area (Å²) >= 11 is 0. The number of nitrogens with zero attached hydrogens (tertiary/aromatic N) is 2. The molecule has 5 heteroatoms. The largest absolute Gasteiger partial charge is 0.497 e. The number of ether oxygens (including phenoxy) is 1. The molecule has 0 radical (unpaired) electrons. The van der Waals surface area contributed by atoms with Crippen molar-refractivity contribution in [1.82, 2.24) is 9.55 Å². The summed E-state index contributed by atoms with van der Waals surface area (Å²) in [6, 6.07) is 11.2. The highest BCUT2D eigenvalue weighted by atomic mass is 19.1. The molecule has 1 aromatic heterocycles. The molecule has 22 heavy (non-hydrogen) atoms. The fourth-order valence-corrected chi connectivity index (χ4v) is 2.44. The molecule has 2 aromatic carbocycles. The van der Waals surface area contributed by atoms with Gasteiger partial charge in [0.2, 0.25) is 0 Å². The minimum absolute atomic E-state index is 0.271. The summed E-state index contributed by atoms with van der Waals surface area (Å²) in [6.07, 6.45) is 0.592. The third-order valence-corrected chi connectivity index (χ3v) is 3.55. The maximum absolute atomic E-state index is 13.4. The molecule has 0 atom stereocenters. The van der Waals surface area contributed by atoms with Gasteiger partial charge in [0.25, 0.3) is 5.56 Å². The predicted molar refractivity (Wildman–Crippen MR) is 83.2 cm³/mol. The molecule has 0 aliphatic carbocycles. The van der Waals surface area contributed by atoms with E-state index in [0.717, 1.165) is 0 Å². The number of fused-ring (bicyclic) bond motifs is 1. The molecular formula is C17H15FN2O2. The van der Waals surface area contributed by atoms with E-state index < -0.39 is 5.82 Å². The molecule has 0 unspecified atom stereocenters. The van der Waals surface area contributed by atoms with Crippen molar-refractivity contribution in [3.05, 3.63) is 64.5 Å². The van der Waals surface area contributed by atoms with E-state index in [2.05, 4.69) is 4.98 Å². The van der Waals surface area contributed by atoms with Crippen molar-refractivity contribution in [3.8, 4) is 11.4 Å². The van der Waals surface area contributed by atoms with Crippen molar-refractivity contribution in [2.24, 2.45) is 0 Å². The van der Waals surface area contributed by atoms with Crippen LogP contribution in [0.25, 0.3) is 16.6 Å². The van der Waals surface area contributed by atoms with Crippen LogP contribution >= 0.6 is 0 Å². The lowest BCUT2D eigenvalue weighted by Gasteiger charge is -2.13. The van der Waals surface area contributed by atoms with Crippen LogP contribution in [0.2, 0.25) is 0 Å². The Kier molecular flexibility index (Phi) is 3.63.